The fraction of sp³-hybridized carbons (Fsp3) is 0. The van der Waals surface area contributed by atoms with Crippen LogP contribution in [0.25, 0.3) is 0 Å². The summed E-state index contributed by atoms with van der Waals surface area (Å²) < 4.78 is 1.35. The van der Waals surface area contributed by atoms with Crippen LogP contribution in [-0.4, -0.2) is 25.4 Å². The highest BCUT2D eigenvalue weighted by Crippen LogP contribution is 1.95. The Morgan fingerprint density at radius 2 is 2.15 bits per heavy atom. The molecule has 0 bridgehead atoms. The number of hydrogen-bond acceptors (Lipinski definition) is 4. The van der Waals surface area contributed by atoms with E-state index in [1.165, 1.54) is 35.7 Å². The molecule has 5 heteroatoms. The minimum atomic E-state index is -0.231. The molecular weight excluding hydrogens is 168 g/mol. The zero-order valence-corrected chi connectivity index (χ0v) is 6.66. The Morgan fingerprint density at radius 3 is 2.77 bits per heavy atom. The third-order valence-electron chi connectivity index (χ3n) is 1.52. The SMILES string of the molecule is O=C(c1cnccn1)n1ccnc1. The molecule has 0 radical (unpaired) electrons. The Kier molecular flexibility index (Phi) is 1.84. The lowest BCUT2D eigenvalue weighted by molar-refractivity contribution is 0.0954. The van der Waals surface area contributed by atoms with Gasteiger partial charge in [-0.15, -0.1) is 0 Å². The monoisotopic (exact) mass is 174 g/mol. The number of carbonyl (C=O) groups is 1. The van der Waals surface area contributed by atoms with E-state index in [2.05, 4.69) is 15.0 Å². The molecule has 0 saturated carbocycles. The Hall–Kier alpha value is -2.04. The minimum absolute atomic E-state index is 0.231. The molecule has 0 aliphatic heterocycles. The van der Waals surface area contributed by atoms with E-state index in [1.807, 2.05) is 0 Å². The molecule has 0 N–H and O–H groups in total. The molecule has 2 aromatic heterocycles. The lowest BCUT2D eigenvalue weighted by Crippen LogP contribution is -2.11. The van der Waals surface area contributed by atoms with Crippen molar-refractivity contribution in [2.45, 2.75) is 0 Å². The maximum atomic E-state index is 11.5. The summed E-state index contributed by atoms with van der Waals surface area (Å²) in [4.78, 5) is 23.0. The number of imidazole rings is 1. The van der Waals surface area contributed by atoms with E-state index in [0.717, 1.165) is 0 Å². The summed E-state index contributed by atoms with van der Waals surface area (Å²) in [6.07, 6.45) is 8.94. The van der Waals surface area contributed by atoms with Crippen molar-refractivity contribution >= 4 is 5.91 Å². The van der Waals surface area contributed by atoms with E-state index in [9.17, 15) is 4.79 Å². The summed E-state index contributed by atoms with van der Waals surface area (Å²) in [6.45, 7) is 0. The Labute approximate surface area is 74.1 Å². The first-order valence-electron chi connectivity index (χ1n) is 3.66. The van der Waals surface area contributed by atoms with Crippen molar-refractivity contribution in [3.05, 3.63) is 43.0 Å². The van der Waals surface area contributed by atoms with Crippen molar-refractivity contribution in [3.8, 4) is 0 Å². The van der Waals surface area contributed by atoms with Gasteiger partial charge in [0.15, 0.2) is 0 Å². The highest BCUT2D eigenvalue weighted by molar-refractivity contribution is 5.93. The summed E-state index contributed by atoms with van der Waals surface area (Å²) in [5, 5.41) is 0. The third kappa shape index (κ3) is 1.44. The summed E-state index contributed by atoms with van der Waals surface area (Å²) in [5.74, 6) is -0.231. The van der Waals surface area contributed by atoms with Gasteiger partial charge in [0.1, 0.15) is 12.0 Å². The smallest absolute Gasteiger partial charge is 0.271 e. The molecule has 2 aromatic rings. The largest absolute Gasteiger partial charge is 0.283 e. The molecule has 0 unspecified atom stereocenters. The average molecular weight is 174 g/mol. The van der Waals surface area contributed by atoms with Gasteiger partial charge in [-0.25, -0.2) is 9.97 Å². The van der Waals surface area contributed by atoms with Gasteiger partial charge in [0.05, 0.1) is 6.20 Å². The quantitative estimate of drug-likeness (QED) is 0.626. The van der Waals surface area contributed by atoms with Gasteiger partial charge in [0.2, 0.25) is 0 Å². The Bertz CT molecular complexity index is 395. The van der Waals surface area contributed by atoms with Crippen LogP contribution in [0.3, 0.4) is 0 Å². The molecule has 2 heterocycles. The first-order chi connectivity index (χ1) is 6.38. The van der Waals surface area contributed by atoms with E-state index in [0.29, 0.717) is 5.69 Å². The maximum Gasteiger partial charge on any atom is 0.283 e. The molecule has 0 aliphatic carbocycles. The summed E-state index contributed by atoms with van der Waals surface area (Å²) in [6, 6.07) is 0. The van der Waals surface area contributed by atoms with Crippen molar-refractivity contribution < 1.29 is 4.79 Å². The van der Waals surface area contributed by atoms with Crippen LogP contribution in [0.15, 0.2) is 37.3 Å². The first-order valence-corrected chi connectivity index (χ1v) is 3.66. The van der Waals surface area contributed by atoms with E-state index >= 15 is 0 Å². The molecule has 0 aromatic carbocycles. The normalized spacial score (nSPS) is 9.85. The molecule has 0 saturated heterocycles. The van der Waals surface area contributed by atoms with Crippen LogP contribution in [0.4, 0.5) is 0 Å². The van der Waals surface area contributed by atoms with Crippen molar-refractivity contribution in [1.82, 2.24) is 19.5 Å². The predicted octanol–water partition coefficient (Wildman–Crippen LogP) is 0.362. The number of nitrogens with zero attached hydrogens (tertiary/aromatic N) is 4. The van der Waals surface area contributed by atoms with Gasteiger partial charge >= 0.3 is 0 Å². The fourth-order valence-electron chi connectivity index (χ4n) is 0.921. The van der Waals surface area contributed by atoms with Crippen molar-refractivity contribution in [2.75, 3.05) is 0 Å². The molecule has 64 valence electrons. The topological polar surface area (TPSA) is 60.7 Å². The second-order valence-corrected chi connectivity index (χ2v) is 2.37. The molecule has 0 fully saturated rings. The lowest BCUT2D eigenvalue weighted by atomic mass is 10.4. The second kappa shape index (κ2) is 3.14. The van der Waals surface area contributed by atoms with E-state index < -0.39 is 0 Å². The van der Waals surface area contributed by atoms with E-state index in [-0.39, 0.29) is 5.91 Å². The van der Waals surface area contributed by atoms with Crippen LogP contribution < -0.4 is 0 Å². The number of rotatable bonds is 1. The van der Waals surface area contributed by atoms with Gasteiger partial charge < -0.3 is 0 Å². The van der Waals surface area contributed by atoms with Gasteiger partial charge in [-0.05, 0) is 0 Å². The zero-order chi connectivity index (χ0) is 9.10. The molecule has 13 heavy (non-hydrogen) atoms. The Morgan fingerprint density at radius 1 is 1.23 bits per heavy atom. The van der Waals surface area contributed by atoms with Gasteiger partial charge in [-0.2, -0.15) is 0 Å². The highest BCUT2D eigenvalue weighted by atomic mass is 16.2. The maximum absolute atomic E-state index is 11.5. The predicted molar refractivity (Wildman–Crippen MR) is 44.0 cm³/mol. The van der Waals surface area contributed by atoms with Gasteiger partial charge in [0.25, 0.3) is 5.91 Å². The number of hydrogen-bond donors (Lipinski definition) is 0. The van der Waals surface area contributed by atoms with Gasteiger partial charge in [0, 0.05) is 24.8 Å². The lowest BCUT2D eigenvalue weighted by Gasteiger charge is -1.97. The first kappa shape index (κ1) is 7.60. The molecule has 0 aliphatic rings. The average Bonchev–Trinajstić information content (AvgIpc) is 2.71. The summed E-state index contributed by atoms with van der Waals surface area (Å²) in [5.41, 5.74) is 0.306. The minimum Gasteiger partial charge on any atom is -0.271 e. The molecule has 0 atom stereocenters. The number of aromatic nitrogens is 4. The second-order valence-electron chi connectivity index (χ2n) is 2.37. The fourth-order valence-corrected chi connectivity index (χ4v) is 0.921. The number of carbonyl (C=O) groups excluding carboxylic acids is 1. The van der Waals surface area contributed by atoms with Crippen LogP contribution in [0.5, 0.6) is 0 Å². The van der Waals surface area contributed by atoms with Crippen molar-refractivity contribution in [1.29, 1.82) is 0 Å². The molecule has 2 rings (SSSR count). The van der Waals surface area contributed by atoms with Crippen LogP contribution in [0.2, 0.25) is 0 Å². The summed E-state index contributed by atoms with van der Waals surface area (Å²) in [7, 11) is 0. The zero-order valence-electron chi connectivity index (χ0n) is 6.66. The Balaban J connectivity index is 2.34. The van der Waals surface area contributed by atoms with Crippen molar-refractivity contribution in [3.63, 3.8) is 0 Å². The van der Waals surface area contributed by atoms with E-state index in [4.69, 9.17) is 0 Å². The van der Waals surface area contributed by atoms with Crippen molar-refractivity contribution in [2.24, 2.45) is 0 Å². The molecule has 0 spiro atoms. The van der Waals surface area contributed by atoms with Crippen LogP contribution in [0, 0.1) is 0 Å². The molecule has 5 nitrogen and oxygen atoms in total. The highest BCUT2D eigenvalue weighted by Gasteiger charge is 2.07. The van der Waals surface area contributed by atoms with E-state index in [1.54, 1.807) is 6.20 Å². The van der Waals surface area contributed by atoms with Gasteiger partial charge in [-0.3, -0.25) is 14.3 Å². The standard InChI is InChI=1S/C8H6N4O/c13-8(12-4-3-10-6-12)7-5-9-1-2-11-7/h1-6H. The van der Waals surface area contributed by atoms with Crippen LogP contribution in [0.1, 0.15) is 10.5 Å². The van der Waals surface area contributed by atoms with Gasteiger partial charge in [-0.1, -0.05) is 0 Å². The van der Waals surface area contributed by atoms with Crippen LogP contribution in [-0.2, 0) is 0 Å². The van der Waals surface area contributed by atoms with Crippen LogP contribution >= 0.6 is 0 Å². The molecule has 0 amide bonds. The molecular formula is C8H6N4O. The summed E-state index contributed by atoms with van der Waals surface area (Å²) >= 11 is 0. The third-order valence-corrected chi connectivity index (χ3v) is 1.52.